The molecule has 0 spiro atoms. The second kappa shape index (κ2) is 8.05. The highest BCUT2D eigenvalue weighted by Crippen LogP contribution is 2.21. The fourth-order valence-electron chi connectivity index (χ4n) is 2.94. The summed E-state index contributed by atoms with van der Waals surface area (Å²) in [5.41, 5.74) is -2.59. The summed E-state index contributed by atoms with van der Waals surface area (Å²) >= 11 is 0. The number of hydrogen-bond donors (Lipinski definition) is 0. The average molecular weight is 344 g/mol. The third-order valence-corrected chi connectivity index (χ3v) is 4.27. The van der Waals surface area contributed by atoms with Gasteiger partial charge in [-0.3, -0.25) is 13.9 Å². The molecule has 7 heteroatoms. The van der Waals surface area contributed by atoms with E-state index in [4.69, 9.17) is 4.74 Å². The zero-order valence-corrected chi connectivity index (χ0v) is 14.4. The Labute approximate surface area is 140 Å². The number of unbranched alkanes of at least 4 members (excludes halogenated alkanes) is 3. The van der Waals surface area contributed by atoms with Crippen LogP contribution in [0.15, 0.2) is 15.8 Å². The Bertz CT molecular complexity index is 655. The monoisotopic (exact) mass is 344 g/mol. The van der Waals surface area contributed by atoms with Gasteiger partial charge in [-0.25, -0.2) is 9.18 Å². The summed E-state index contributed by atoms with van der Waals surface area (Å²) in [6.45, 7) is 3.80. The van der Waals surface area contributed by atoms with Crippen LogP contribution >= 0.6 is 0 Å². The molecule has 0 aromatic carbocycles. The Morgan fingerprint density at radius 1 is 1.25 bits per heavy atom. The average Bonchev–Trinajstić information content (AvgIpc) is 3.02. The maximum absolute atomic E-state index is 13.8. The first-order valence-corrected chi connectivity index (χ1v) is 8.61. The van der Waals surface area contributed by atoms with E-state index in [2.05, 4.69) is 0 Å². The van der Waals surface area contributed by atoms with E-state index < -0.39 is 29.0 Å². The van der Waals surface area contributed by atoms with Crippen molar-refractivity contribution in [3.8, 4) is 0 Å². The molecule has 0 amide bonds. The number of nitrogens with zero attached hydrogens (tertiary/aromatic N) is 2. The minimum absolute atomic E-state index is 0.168. The van der Waals surface area contributed by atoms with Crippen molar-refractivity contribution in [3.63, 3.8) is 0 Å². The zero-order chi connectivity index (χ0) is 17.7. The molecular weight excluding hydrogens is 318 g/mol. The number of rotatable bonds is 8. The summed E-state index contributed by atoms with van der Waals surface area (Å²) in [5, 5.41) is 0. The van der Waals surface area contributed by atoms with Crippen LogP contribution in [0.5, 0.6) is 0 Å². The fraction of sp³-hybridized carbons (Fsp3) is 0.765. The number of hydrogen-bond acceptors (Lipinski definition) is 3. The standard InChI is InChI=1S/C17H26F2N2O3/c1-17(2,19)9-5-3-4-6-10-20-15(22)13(18)12-21(16(20)23)14-8-7-11-24-14/h12,14H,3-11H2,1-2H3. The number of alkyl halides is 1. The van der Waals surface area contributed by atoms with Crippen LogP contribution in [0.25, 0.3) is 0 Å². The maximum Gasteiger partial charge on any atom is 0.333 e. The molecule has 0 N–H and O–H groups in total. The Hall–Kier alpha value is -1.50. The van der Waals surface area contributed by atoms with Gasteiger partial charge in [-0.05, 0) is 39.5 Å². The SMILES string of the molecule is CC(C)(F)CCCCCCn1c(=O)c(F)cn(C2CCCO2)c1=O. The molecule has 2 rings (SSSR count). The summed E-state index contributed by atoms with van der Waals surface area (Å²) in [4.78, 5) is 24.3. The smallest absolute Gasteiger partial charge is 0.333 e. The Kier molecular flexibility index (Phi) is 6.32. The van der Waals surface area contributed by atoms with Crippen LogP contribution in [-0.4, -0.2) is 21.4 Å². The van der Waals surface area contributed by atoms with Gasteiger partial charge in [0.05, 0.1) is 6.20 Å². The molecule has 5 nitrogen and oxygen atoms in total. The van der Waals surface area contributed by atoms with Crippen molar-refractivity contribution in [1.29, 1.82) is 0 Å². The predicted octanol–water partition coefficient (Wildman–Crippen LogP) is 3.16. The highest BCUT2D eigenvalue weighted by Gasteiger charge is 2.22. The first kappa shape index (κ1) is 18.8. The number of halogens is 2. The minimum Gasteiger partial charge on any atom is -0.358 e. The predicted molar refractivity (Wildman–Crippen MR) is 87.4 cm³/mol. The number of aromatic nitrogens is 2. The van der Waals surface area contributed by atoms with Crippen molar-refractivity contribution in [2.24, 2.45) is 0 Å². The highest BCUT2D eigenvalue weighted by atomic mass is 19.1. The first-order chi connectivity index (χ1) is 11.3. The summed E-state index contributed by atoms with van der Waals surface area (Å²) < 4.78 is 34.7. The fourth-order valence-corrected chi connectivity index (χ4v) is 2.94. The van der Waals surface area contributed by atoms with E-state index in [-0.39, 0.29) is 6.54 Å². The van der Waals surface area contributed by atoms with E-state index in [9.17, 15) is 18.4 Å². The van der Waals surface area contributed by atoms with Crippen LogP contribution in [0, 0.1) is 5.82 Å². The molecular formula is C17H26F2N2O3. The van der Waals surface area contributed by atoms with Crippen LogP contribution in [-0.2, 0) is 11.3 Å². The van der Waals surface area contributed by atoms with E-state index in [1.54, 1.807) is 13.8 Å². The quantitative estimate of drug-likeness (QED) is 0.681. The van der Waals surface area contributed by atoms with Gasteiger partial charge in [0.2, 0.25) is 5.82 Å². The van der Waals surface area contributed by atoms with Gasteiger partial charge in [0, 0.05) is 13.2 Å². The Morgan fingerprint density at radius 2 is 1.96 bits per heavy atom. The van der Waals surface area contributed by atoms with Crippen molar-refractivity contribution in [2.75, 3.05) is 6.61 Å². The van der Waals surface area contributed by atoms with E-state index in [1.165, 1.54) is 4.57 Å². The second-order valence-corrected chi connectivity index (χ2v) is 6.97. The molecule has 1 aliphatic heterocycles. The van der Waals surface area contributed by atoms with Crippen LogP contribution < -0.4 is 11.2 Å². The van der Waals surface area contributed by atoms with Crippen molar-refractivity contribution in [2.45, 2.75) is 77.2 Å². The Balaban J connectivity index is 1.97. The largest absolute Gasteiger partial charge is 0.358 e. The normalized spacial score (nSPS) is 18.2. The lowest BCUT2D eigenvalue weighted by molar-refractivity contribution is 0.0502. The van der Waals surface area contributed by atoms with Crippen molar-refractivity contribution < 1.29 is 13.5 Å². The van der Waals surface area contributed by atoms with Gasteiger partial charge in [-0.2, -0.15) is 4.39 Å². The summed E-state index contributed by atoms with van der Waals surface area (Å²) in [7, 11) is 0. The van der Waals surface area contributed by atoms with Crippen molar-refractivity contribution in [1.82, 2.24) is 9.13 Å². The molecule has 0 radical (unpaired) electrons. The van der Waals surface area contributed by atoms with E-state index in [0.29, 0.717) is 25.9 Å². The topological polar surface area (TPSA) is 53.2 Å². The molecule has 1 atom stereocenters. The maximum atomic E-state index is 13.8. The molecule has 1 unspecified atom stereocenters. The van der Waals surface area contributed by atoms with Crippen LogP contribution in [0.3, 0.4) is 0 Å². The molecule has 2 heterocycles. The van der Waals surface area contributed by atoms with Crippen molar-refractivity contribution in [3.05, 3.63) is 32.9 Å². The van der Waals surface area contributed by atoms with E-state index in [0.717, 1.165) is 36.4 Å². The van der Waals surface area contributed by atoms with Gasteiger partial charge < -0.3 is 4.74 Å². The van der Waals surface area contributed by atoms with Gasteiger partial charge in [0.15, 0.2) is 0 Å². The summed E-state index contributed by atoms with van der Waals surface area (Å²) in [5.74, 6) is -0.940. The lowest BCUT2D eigenvalue weighted by Gasteiger charge is -2.15. The van der Waals surface area contributed by atoms with Crippen LogP contribution in [0.2, 0.25) is 0 Å². The minimum atomic E-state index is -1.17. The summed E-state index contributed by atoms with van der Waals surface area (Å²) in [6, 6.07) is 0. The van der Waals surface area contributed by atoms with Gasteiger partial charge in [0.25, 0.3) is 5.56 Å². The Morgan fingerprint density at radius 3 is 2.58 bits per heavy atom. The van der Waals surface area contributed by atoms with Crippen LogP contribution in [0.1, 0.15) is 65.0 Å². The van der Waals surface area contributed by atoms with Gasteiger partial charge in [-0.1, -0.05) is 19.3 Å². The molecule has 0 aliphatic carbocycles. The first-order valence-electron chi connectivity index (χ1n) is 8.61. The molecule has 136 valence electrons. The molecule has 1 aliphatic rings. The van der Waals surface area contributed by atoms with Gasteiger partial charge in [0.1, 0.15) is 11.9 Å². The second-order valence-electron chi connectivity index (χ2n) is 6.97. The van der Waals surface area contributed by atoms with Gasteiger partial charge >= 0.3 is 5.69 Å². The van der Waals surface area contributed by atoms with Crippen LogP contribution in [0.4, 0.5) is 8.78 Å². The third kappa shape index (κ3) is 5.00. The molecule has 1 saturated heterocycles. The molecule has 24 heavy (non-hydrogen) atoms. The summed E-state index contributed by atoms with van der Waals surface area (Å²) in [6.07, 6.45) is 5.29. The highest BCUT2D eigenvalue weighted by molar-refractivity contribution is 4.92. The molecule has 1 aromatic heterocycles. The lowest BCUT2D eigenvalue weighted by Crippen LogP contribution is -2.42. The molecule has 0 bridgehead atoms. The lowest BCUT2D eigenvalue weighted by atomic mass is 10.0. The van der Waals surface area contributed by atoms with E-state index in [1.807, 2.05) is 0 Å². The van der Waals surface area contributed by atoms with E-state index >= 15 is 0 Å². The number of ether oxygens (including phenoxy) is 1. The van der Waals surface area contributed by atoms with Gasteiger partial charge in [-0.15, -0.1) is 0 Å². The molecule has 0 saturated carbocycles. The van der Waals surface area contributed by atoms with Crippen molar-refractivity contribution >= 4 is 0 Å². The molecule has 1 fully saturated rings. The molecule has 1 aromatic rings. The third-order valence-electron chi connectivity index (χ3n) is 4.27. The zero-order valence-electron chi connectivity index (χ0n) is 14.4.